The molecule has 1 amide bonds. The molecule has 1 atom stereocenters. The molecule has 0 fully saturated rings. The predicted octanol–water partition coefficient (Wildman–Crippen LogP) is 3.72. The lowest BCUT2D eigenvalue weighted by atomic mass is 10.0. The number of esters is 1. The van der Waals surface area contributed by atoms with Crippen molar-refractivity contribution in [1.29, 1.82) is 0 Å². The van der Waals surface area contributed by atoms with E-state index in [1.54, 1.807) is 23.9 Å². The highest BCUT2D eigenvalue weighted by molar-refractivity contribution is 7.98. The summed E-state index contributed by atoms with van der Waals surface area (Å²) >= 11 is 1.55. The van der Waals surface area contributed by atoms with Gasteiger partial charge in [-0.2, -0.15) is 0 Å². The van der Waals surface area contributed by atoms with Gasteiger partial charge in [-0.05, 0) is 36.1 Å². The number of thioether (sulfide) groups is 1. The molecule has 2 rings (SSSR count). The summed E-state index contributed by atoms with van der Waals surface area (Å²) in [6, 6.07) is 9.86. The number of ether oxygens (including phenoxy) is 1. The molecule has 7 heteroatoms. The zero-order valence-corrected chi connectivity index (χ0v) is 14.5. The van der Waals surface area contributed by atoms with Crippen LogP contribution in [0, 0.1) is 11.6 Å². The molecular weight excluding hydrogens is 348 g/mol. The number of hydrogen-bond donors (Lipinski definition) is 1. The van der Waals surface area contributed by atoms with E-state index in [4.69, 9.17) is 0 Å². The van der Waals surface area contributed by atoms with Crippen molar-refractivity contribution in [3.63, 3.8) is 0 Å². The van der Waals surface area contributed by atoms with Crippen molar-refractivity contribution in [2.24, 2.45) is 0 Å². The fraction of sp³-hybridized carbons (Fsp3) is 0.222. The van der Waals surface area contributed by atoms with Gasteiger partial charge in [0.25, 0.3) is 5.91 Å². The fourth-order valence-corrected chi connectivity index (χ4v) is 2.66. The number of hydrogen-bond acceptors (Lipinski definition) is 4. The highest BCUT2D eigenvalue weighted by atomic mass is 32.2. The van der Waals surface area contributed by atoms with Crippen LogP contribution in [0.4, 0.5) is 8.78 Å². The van der Waals surface area contributed by atoms with E-state index in [1.807, 2.05) is 18.4 Å². The van der Waals surface area contributed by atoms with E-state index < -0.39 is 35.1 Å². The van der Waals surface area contributed by atoms with Gasteiger partial charge in [0.05, 0.1) is 25.1 Å². The first kappa shape index (κ1) is 18.9. The van der Waals surface area contributed by atoms with Gasteiger partial charge in [-0.25, -0.2) is 8.78 Å². The van der Waals surface area contributed by atoms with Crippen LogP contribution in [0.25, 0.3) is 0 Å². The van der Waals surface area contributed by atoms with Crippen LogP contribution in [0.5, 0.6) is 0 Å². The van der Waals surface area contributed by atoms with Gasteiger partial charge < -0.3 is 10.1 Å². The Morgan fingerprint density at radius 3 is 2.44 bits per heavy atom. The lowest BCUT2D eigenvalue weighted by Gasteiger charge is -2.19. The summed E-state index contributed by atoms with van der Waals surface area (Å²) in [5.74, 6) is -3.67. The van der Waals surface area contributed by atoms with E-state index in [0.717, 1.165) is 11.0 Å². The molecule has 0 aliphatic rings. The third-order valence-electron chi connectivity index (χ3n) is 3.62. The number of carbonyl (C=O) groups excluding carboxylic acids is 2. The third kappa shape index (κ3) is 4.79. The summed E-state index contributed by atoms with van der Waals surface area (Å²) < 4.78 is 31.8. The van der Waals surface area contributed by atoms with Gasteiger partial charge in [0.2, 0.25) is 0 Å². The zero-order valence-electron chi connectivity index (χ0n) is 13.7. The Balaban J connectivity index is 2.27. The second-order valence-electron chi connectivity index (χ2n) is 5.18. The van der Waals surface area contributed by atoms with Gasteiger partial charge in [0.1, 0.15) is 0 Å². The molecule has 4 nitrogen and oxygen atoms in total. The lowest BCUT2D eigenvalue weighted by Crippen LogP contribution is -2.31. The molecule has 0 spiro atoms. The molecule has 1 unspecified atom stereocenters. The molecular formula is C18H17F2NO3S. The molecule has 1 N–H and O–H groups in total. The molecule has 132 valence electrons. The Morgan fingerprint density at radius 1 is 1.16 bits per heavy atom. The molecule has 0 aliphatic carbocycles. The van der Waals surface area contributed by atoms with Crippen LogP contribution in [0.1, 0.15) is 28.4 Å². The van der Waals surface area contributed by atoms with Crippen molar-refractivity contribution in [3.8, 4) is 0 Å². The first-order chi connectivity index (χ1) is 12.0. The Bertz CT molecular complexity index is 765. The normalized spacial score (nSPS) is 11.7. The Hall–Kier alpha value is -2.41. The third-order valence-corrected chi connectivity index (χ3v) is 4.36. The first-order valence-electron chi connectivity index (χ1n) is 7.42. The van der Waals surface area contributed by atoms with Gasteiger partial charge in [0.15, 0.2) is 11.6 Å². The number of carbonyl (C=O) groups is 2. The van der Waals surface area contributed by atoms with Gasteiger partial charge >= 0.3 is 5.97 Å². The van der Waals surface area contributed by atoms with Gasteiger partial charge in [0, 0.05) is 4.90 Å². The molecule has 0 radical (unpaired) electrons. The second-order valence-corrected chi connectivity index (χ2v) is 6.06. The average Bonchev–Trinajstić information content (AvgIpc) is 2.63. The molecule has 0 saturated heterocycles. The van der Waals surface area contributed by atoms with Crippen LogP contribution in [0.2, 0.25) is 0 Å². The first-order valence-corrected chi connectivity index (χ1v) is 8.64. The molecule has 0 bridgehead atoms. The minimum atomic E-state index is -1.23. The van der Waals surface area contributed by atoms with E-state index in [1.165, 1.54) is 19.2 Å². The lowest BCUT2D eigenvalue weighted by molar-refractivity contribution is -0.141. The number of benzene rings is 2. The number of methoxy groups -OCH3 is 1. The summed E-state index contributed by atoms with van der Waals surface area (Å²) in [6.07, 6.45) is 1.80. The smallest absolute Gasteiger partial charge is 0.307 e. The Labute approximate surface area is 148 Å². The van der Waals surface area contributed by atoms with Crippen LogP contribution in [0.3, 0.4) is 0 Å². The SMILES string of the molecule is COC(=O)CC(NC(=O)c1cccc(F)c1F)c1ccc(SC)cc1. The van der Waals surface area contributed by atoms with E-state index in [0.29, 0.717) is 5.56 Å². The number of amides is 1. The molecule has 2 aromatic carbocycles. The van der Waals surface area contributed by atoms with E-state index in [2.05, 4.69) is 10.1 Å². The Morgan fingerprint density at radius 2 is 1.84 bits per heavy atom. The topological polar surface area (TPSA) is 55.4 Å². The van der Waals surface area contributed by atoms with Crippen molar-refractivity contribution in [3.05, 3.63) is 65.2 Å². The van der Waals surface area contributed by atoms with Crippen LogP contribution in [-0.2, 0) is 9.53 Å². The molecule has 25 heavy (non-hydrogen) atoms. The van der Waals surface area contributed by atoms with Crippen LogP contribution >= 0.6 is 11.8 Å². The summed E-state index contributed by atoms with van der Waals surface area (Å²) in [7, 11) is 1.24. The monoisotopic (exact) mass is 365 g/mol. The zero-order chi connectivity index (χ0) is 18.4. The van der Waals surface area contributed by atoms with Gasteiger partial charge in [-0.3, -0.25) is 9.59 Å². The highest BCUT2D eigenvalue weighted by Crippen LogP contribution is 2.23. The fourth-order valence-electron chi connectivity index (χ4n) is 2.25. The van der Waals surface area contributed by atoms with Crippen molar-refractivity contribution in [1.82, 2.24) is 5.32 Å². The van der Waals surface area contributed by atoms with E-state index >= 15 is 0 Å². The maximum absolute atomic E-state index is 13.8. The summed E-state index contributed by atoms with van der Waals surface area (Å²) in [5.41, 5.74) is 0.240. The standard InChI is InChI=1S/C18H17F2NO3S/c1-24-16(22)10-15(11-6-8-12(25-2)9-7-11)21-18(23)13-4-3-5-14(19)17(13)20/h3-9,15H,10H2,1-2H3,(H,21,23). The maximum atomic E-state index is 13.8. The van der Waals surface area contributed by atoms with Gasteiger partial charge in [-0.15, -0.1) is 11.8 Å². The van der Waals surface area contributed by atoms with Crippen LogP contribution in [-0.4, -0.2) is 25.2 Å². The van der Waals surface area contributed by atoms with E-state index in [9.17, 15) is 18.4 Å². The molecule has 2 aromatic rings. The summed E-state index contributed by atoms with van der Waals surface area (Å²) in [4.78, 5) is 25.0. The minimum absolute atomic E-state index is 0.127. The van der Waals surface area contributed by atoms with Crippen molar-refractivity contribution in [2.75, 3.05) is 13.4 Å². The van der Waals surface area contributed by atoms with Crippen LogP contribution in [0.15, 0.2) is 47.4 Å². The average molecular weight is 365 g/mol. The minimum Gasteiger partial charge on any atom is -0.469 e. The molecule has 0 aliphatic heterocycles. The van der Waals surface area contributed by atoms with Crippen molar-refractivity contribution < 1.29 is 23.1 Å². The summed E-state index contributed by atoms with van der Waals surface area (Å²) in [6.45, 7) is 0. The molecule has 0 heterocycles. The number of halogens is 2. The molecule has 0 aromatic heterocycles. The number of rotatable bonds is 6. The maximum Gasteiger partial charge on any atom is 0.307 e. The Kier molecular flexibility index (Phi) is 6.52. The summed E-state index contributed by atoms with van der Waals surface area (Å²) in [5, 5.41) is 2.57. The van der Waals surface area contributed by atoms with Crippen LogP contribution < -0.4 is 5.32 Å². The van der Waals surface area contributed by atoms with Gasteiger partial charge in [-0.1, -0.05) is 18.2 Å². The van der Waals surface area contributed by atoms with E-state index in [-0.39, 0.29) is 6.42 Å². The van der Waals surface area contributed by atoms with Crippen molar-refractivity contribution in [2.45, 2.75) is 17.4 Å². The second kappa shape index (κ2) is 8.62. The predicted molar refractivity (Wildman–Crippen MR) is 91.4 cm³/mol. The quantitative estimate of drug-likeness (QED) is 0.626. The number of nitrogens with one attached hydrogen (secondary N) is 1. The largest absolute Gasteiger partial charge is 0.469 e. The highest BCUT2D eigenvalue weighted by Gasteiger charge is 2.22. The van der Waals surface area contributed by atoms with Crippen molar-refractivity contribution >= 4 is 23.6 Å². The molecule has 0 saturated carbocycles.